The first kappa shape index (κ1) is 15.7. The van der Waals surface area contributed by atoms with Crippen LogP contribution in [0.1, 0.15) is 24.0 Å². The fourth-order valence-electron chi connectivity index (χ4n) is 1.97. The number of aromatic nitrogens is 1. The van der Waals surface area contributed by atoms with Gasteiger partial charge in [0.15, 0.2) is 5.13 Å². The number of nitrogens with zero attached hydrogens (tertiary/aromatic N) is 1. The summed E-state index contributed by atoms with van der Waals surface area (Å²) < 4.78 is 0. The molecule has 2 aromatic rings. The van der Waals surface area contributed by atoms with E-state index >= 15 is 0 Å². The molecular weight excluding hydrogens is 282 g/mol. The van der Waals surface area contributed by atoms with Gasteiger partial charge in [-0.3, -0.25) is 4.79 Å². The smallest absolute Gasteiger partial charge is 0.226 e. The van der Waals surface area contributed by atoms with Crippen molar-refractivity contribution in [1.82, 2.24) is 10.3 Å². The van der Waals surface area contributed by atoms with Crippen molar-refractivity contribution in [3.63, 3.8) is 0 Å². The number of aryl methyl sites for hydroxylation is 2. The third-order valence-electron chi connectivity index (χ3n) is 3.38. The maximum absolute atomic E-state index is 11.8. The lowest BCUT2D eigenvalue weighted by atomic mass is 10.1. The zero-order valence-corrected chi connectivity index (χ0v) is 13.5. The third-order valence-corrected chi connectivity index (χ3v) is 4.14. The summed E-state index contributed by atoms with van der Waals surface area (Å²) in [5, 5.41) is 8.53. The number of carbonyl (C=O) groups is 1. The maximum Gasteiger partial charge on any atom is 0.226 e. The van der Waals surface area contributed by atoms with Crippen LogP contribution in [0, 0.1) is 13.8 Å². The predicted molar refractivity (Wildman–Crippen MR) is 88.8 cm³/mol. The van der Waals surface area contributed by atoms with Crippen molar-refractivity contribution in [2.45, 2.75) is 26.7 Å². The summed E-state index contributed by atoms with van der Waals surface area (Å²) in [4.78, 5) is 16.3. The number of carbonyl (C=O) groups excluding carboxylic acids is 1. The number of amides is 1. The summed E-state index contributed by atoms with van der Waals surface area (Å²) in [5.74, 6) is 0.0197. The quantitative estimate of drug-likeness (QED) is 0.805. The van der Waals surface area contributed by atoms with E-state index in [4.69, 9.17) is 0 Å². The van der Waals surface area contributed by atoms with E-state index in [1.807, 2.05) is 12.4 Å². The number of nitrogens with one attached hydrogen (secondary N) is 2. The third kappa shape index (κ3) is 4.37. The first-order chi connectivity index (χ1) is 10.1. The SMILES string of the molecule is CNCCCC(=O)Nc1nc(-c2ccc(C)c(C)c2)cs1. The van der Waals surface area contributed by atoms with Crippen molar-refractivity contribution in [2.75, 3.05) is 18.9 Å². The molecule has 1 aromatic carbocycles. The molecule has 5 heteroatoms. The fraction of sp³-hybridized carbons (Fsp3) is 0.375. The topological polar surface area (TPSA) is 54.0 Å². The molecule has 0 spiro atoms. The Morgan fingerprint density at radius 3 is 2.81 bits per heavy atom. The highest BCUT2D eigenvalue weighted by atomic mass is 32.1. The number of thiazole rings is 1. The summed E-state index contributed by atoms with van der Waals surface area (Å²) in [7, 11) is 1.88. The second kappa shape index (κ2) is 7.33. The number of hydrogen-bond donors (Lipinski definition) is 2. The van der Waals surface area contributed by atoms with Gasteiger partial charge in [0.2, 0.25) is 5.91 Å². The summed E-state index contributed by atoms with van der Waals surface area (Å²) in [6.07, 6.45) is 1.34. The molecule has 112 valence electrons. The molecular formula is C16H21N3OS. The lowest BCUT2D eigenvalue weighted by molar-refractivity contribution is -0.116. The van der Waals surface area contributed by atoms with Crippen LogP contribution >= 0.6 is 11.3 Å². The van der Waals surface area contributed by atoms with E-state index in [0.717, 1.165) is 24.2 Å². The number of rotatable bonds is 6. The molecule has 1 aromatic heterocycles. The summed E-state index contributed by atoms with van der Waals surface area (Å²) in [5.41, 5.74) is 4.52. The van der Waals surface area contributed by atoms with E-state index in [9.17, 15) is 4.79 Å². The summed E-state index contributed by atoms with van der Waals surface area (Å²) >= 11 is 1.46. The summed E-state index contributed by atoms with van der Waals surface area (Å²) in [6, 6.07) is 6.29. The van der Waals surface area contributed by atoms with E-state index < -0.39 is 0 Å². The highest BCUT2D eigenvalue weighted by molar-refractivity contribution is 7.14. The monoisotopic (exact) mass is 303 g/mol. The van der Waals surface area contributed by atoms with Crippen molar-refractivity contribution in [1.29, 1.82) is 0 Å². The Hall–Kier alpha value is -1.72. The van der Waals surface area contributed by atoms with Crippen molar-refractivity contribution < 1.29 is 4.79 Å². The van der Waals surface area contributed by atoms with Gasteiger partial charge >= 0.3 is 0 Å². The lowest BCUT2D eigenvalue weighted by Crippen LogP contribution is -2.15. The molecule has 0 atom stereocenters. The highest BCUT2D eigenvalue weighted by Crippen LogP contribution is 2.26. The minimum atomic E-state index is 0.0197. The van der Waals surface area contributed by atoms with Crippen molar-refractivity contribution in [3.05, 3.63) is 34.7 Å². The van der Waals surface area contributed by atoms with Gasteiger partial charge in [0.1, 0.15) is 0 Å². The van der Waals surface area contributed by atoms with E-state index in [2.05, 4.69) is 47.7 Å². The molecule has 0 saturated carbocycles. The Labute approximate surface area is 129 Å². The fourth-order valence-corrected chi connectivity index (χ4v) is 2.71. The van der Waals surface area contributed by atoms with Crippen LogP contribution in [-0.2, 0) is 4.79 Å². The molecule has 0 radical (unpaired) electrons. The Bertz CT molecular complexity index is 622. The molecule has 0 bridgehead atoms. The predicted octanol–water partition coefficient (Wildman–Crippen LogP) is 3.37. The van der Waals surface area contributed by atoms with Crippen LogP contribution < -0.4 is 10.6 Å². The van der Waals surface area contributed by atoms with Crippen LogP contribution in [0.15, 0.2) is 23.6 Å². The molecule has 21 heavy (non-hydrogen) atoms. The molecule has 0 aliphatic carbocycles. The van der Waals surface area contributed by atoms with Gasteiger partial charge in [0.05, 0.1) is 5.69 Å². The van der Waals surface area contributed by atoms with Crippen molar-refractivity contribution >= 4 is 22.4 Å². The molecule has 2 rings (SSSR count). The van der Waals surface area contributed by atoms with Crippen molar-refractivity contribution in [2.24, 2.45) is 0 Å². The Balaban J connectivity index is 2.00. The molecule has 0 saturated heterocycles. The van der Waals surface area contributed by atoms with Gasteiger partial charge in [0, 0.05) is 17.4 Å². The number of hydrogen-bond acceptors (Lipinski definition) is 4. The molecule has 0 aliphatic heterocycles. The molecule has 1 amide bonds. The van der Waals surface area contributed by atoms with Crippen molar-refractivity contribution in [3.8, 4) is 11.3 Å². The van der Waals surface area contributed by atoms with Crippen LogP contribution in [0.5, 0.6) is 0 Å². The molecule has 1 heterocycles. The molecule has 0 fully saturated rings. The molecule has 0 aliphatic rings. The first-order valence-corrected chi connectivity index (χ1v) is 7.95. The van der Waals surface area contributed by atoms with E-state index in [1.165, 1.54) is 22.5 Å². The Morgan fingerprint density at radius 1 is 1.29 bits per heavy atom. The molecule has 2 N–H and O–H groups in total. The standard InChI is InChI=1S/C16H21N3OS/c1-11-6-7-13(9-12(11)2)14-10-21-16(18-14)19-15(20)5-4-8-17-3/h6-7,9-10,17H,4-5,8H2,1-3H3,(H,18,19,20). The van der Waals surface area contributed by atoms with Crippen LogP contribution in [0.25, 0.3) is 11.3 Å². The van der Waals surface area contributed by atoms with Gasteiger partial charge in [-0.15, -0.1) is 11.3 Å². The van der Waals surface area contributed by atoms with Gasteiger partial charge < -0.3 is 10.6 Å². The van der Waals surface area contributed by atoms with Gasteiger partial charge in [-0.05, 0) is 51.1 Å². The highest BCUT2D eigenvalue weighted by Gasteiger charge is 2.08. The Kier molecular flexibility index (Phi) is 5.47. The maximum atomic E-state index is 11.8. The lowest BCUT2D eigenvalue weighted by Gasteiger charge is -2.03. The van der Waals surface area contributed by atoms with E-state index in [-0.39, 0.29) is 5.91 Å². The normalized spacial score (nSPS) is 10.6. The minimum absolute atomic E-state index is 0.0197. The van der Waals surface area contributed by atoms with Gasteiger partial charge in [-0.25, -0.2) is 4.98 Å². The average Bonchev–Trinajstić information content (AvgIpc) is 2.90. The average molecular weight is 303 g/mol. The Morgan fingerprint density at radius 2 is 2.10 bits per heavy atom. The first-order valence-electron chi connectivity index (χ1n) is 7.07. The zero-order valence-electron chi connectivity index (χ0n) is 12.7. The second-order valence-corrected chi connectivity index (χ2v) is 5.95. The van der Waals surface area contributed by atoms with Gasteiger partial charge in [-0.2, -0.15) is 0 Å². The number of anilines is 1. The second-order valence-electron chi connectivity index (χ2n) is 5.09. The number of benzene rings is 1. The zero-order chi connectivity index (χ0) is 15.2. The van der Waals surface area contributed by atoms with Crippen LogP contribution in [0.2, 0.25) is 0 Å². The minimum Gasteiger partial charge on any atom is -0.320 e. The molecule has 0 unspecified atom stereocenters. The largest absolute Gasteiger partial charge is 0.320 e. The van der Waals surface area contributed by atoms with Gasteiger partial charge in [0.25, 0.3) is 0 Å². The van der Waals surface area contributed by atoms with Gasteiger partial charge in [-0.1, -0.05) is 12.1 Å². The van der Waals surface area contributed by atoms with Crippen LogP contribution in [0.3, 0.4) is 0 Å². The van der Waals surface area contributed by atoms with E-state index in [1.54, 1.807) is 0 Å². The van der Waals surface area contributed by atoms with Crippen LogP contribution in [-0.4, -0.2) is 24.5 Å². The van der Waals surface area contributed by atoms with E-state index in [0.29, 0.717) is 11.6 Å². The van der Waals surface area contributed by atoms with Crippen LogP contribution in [0.4, 0.5) is 5.13 Å². The molecule has 4 nitrogen and oxygen atoms in total. The summed E-state index contributed by atoms with van der Waals surface area (Å²) in [6.45, 7) is 5.03.